The van der Waals surface area contributed by atoms with E-state index in [0.717, 1.165) is 57.8 Å². The lowest BCUT2D eigenvalue weighted by atomic mass is 10.1. The summed E-state index contributed by atoms with van der Waals surface area (Å²) >= 11 is 0. The van der Waals surface area contributed by atoms with E-state index in [2.05, 4.69) is 58.6 Å². The van der Waals surface area contributed by atoms with Gasteiger partial charge in [0.2, 0.25) is 0 Å². The van der Waals surface area contributed by atoms with Crippen LogP contribution in [0.4, 0.5) is 0 Å². The normalized spacial score (nSPS) is 16.1. The van der Waals surface area contributed by atoms with Crippen LogP contribution in [-0.2, 0) is 17.8 Å². The van der Waals surface area contributed by atoms with Gasteiger partial charge in [0.05, 0.1) is 13.2 Å². The van der Waals surface area contributed by atoms with E-state index >= 15 is 0 Å². The van der Waals surface area contributed by atoms with Crippen molar-refractivity contribution in [3.8, 4) is 0 Å². The van der Waals surface area contributed by atoms with Crippen LogP contribution in [0.3, 0.4) is 0 Å². The van der Waals surface area contributed by atoms with Crippen LogP contribution < -0.4 is 10.6 Å². The van der Waals surface area contributed by atoms with Gasteiger partial charge in [-0.05, 0) is 23.5 Å². The summed E-state index contributed by atoms with van der Waals surface area (Å²) in [6.45, 7) is 11.1. The Kier molecular flexibility index (Phi) is 9.50. The second-order valence-corrected chi connectivity index (χ2v) is 7.45. The van der Waals surface area contributed by atoms with Crippen LogP contribution in [0, 0.1) is 5.92 Å². The topological polar surface area (TPSA) is 48.9 Å². The highest BCUT2D eigenvalue weighted by Gasteiger charge is 2.10. The Morgan fingerprint density at radius 1 is 1.15 bits per heavy atom. The van der Waals surface area contributed by atoms with E-state index in [1.807, 2.05) is 7.05 Å². The lowest BCUT2D eigenvalue weighted by Crippen LogP contribution is -2.37. The average Bonchev–Trinajstić information content (AvgIpc) is 2.65. The minimum Gasteiger partial charge on any atom is -0.379 e. The molecule has 2 rings (SSSR count). The van der Waals surface area contributed by atoms with Crippen LogP contribution in [0.2, 0.25) is 0 Å². The van der Waals surface area contributed by atoms with Crippen molar-refractivity contribution in [3.63, 3.8) is 0 Å². The molecule has 1 aromatic rings. The van der Waals surface area contributed by atoms with Gasteiger partial charge in [-0.3, -0.25) is 9.89 Å². The highest BCUT2D eigenvalue weighted by atomic mass is 16.5. The van der Waals surface area contributed by atoms with E-state index < -0.39 is 0 Å². The van der Waals surface area contributed by atoms with Gasteiger partial charge in [-0.15, -0.1) is 0 Å². The van der Waals surface area contributed by atoms with E-state index in [0.29, 0.717) is 0 Å². The van der Waals surface area contributed by atoms with Crippen molar-refractivity contribution in [3.05, 3.63) is 35.4 Å². The van der Waals surface area contributed by atoms with Gasteiger partial charge >= 0.3 is 0 Å². The third-order valence-electron chi connectivity index (χ3n) is 4.69. The molecular weight excluding hydrogens is 324 g/mol. The zero-order chi connectivity index (χ0) is 18.6. The molecule has 26 heavy (non-hydrogen) atoms. The molecular formula is C21H36N4O. The van der Waals surface area contributed by atoms with Gasteiger partial charge in [0.1, 0.15) is 0 Å². The molecule has 1 aromatic carbocycles. The molecule has 0 amide bonds. The molecule has 1 fully saturated rings. The van der Waals surface area contributed by atoms with Crippen molar-refractivity contribution >= 4 is 5.96 Å². The summed E-state index contributed by atoms with van der Waals surface area (Å²) < 4.78 is 5.43. The SMILES string of the molecule is CN=C(NCCCCC(C)C)NCc1cccc(CN2CCOCC2)c1. The number of guanidine groups is 1. The van der Waals surface area contributed by atoms with Crippen LogP contribution in [0.15, 0.2) is 29.3 Å². The molecule has 1 heterocycles. The van der Waals surface area contributed by atoms with E-state index in [1.165, 1.54) is 30.4 Å². The molecule has 0 atom stereocenters. The fourth-order valence-corrected chi connectivity index (χ4v) is 3.15. The maximum Gasteiger partial charge on any atom is 0.191 e. The highest BCUT2D eigenvalue weighted by Crippen LogP contribution is 2.10. The summed E-state index contributed by atoms with van der Waals surface area (Å²) in [7, 11) is 1.83. The van der Waals surface area contributed by atoms with Crippen molar-refractivity contribution in [1.82, 2.24) is 15.5 Å². The Morgan fingerprint density at radius 3 is 2.65 bits per heavy atom. The number of aliphatic imine (C=N–C) groups is 1. The first-order chi connectivity index (χ1) is 12.7. The number of nitrogens with zero attached hydrogens (tertiary/aromatic N) is 2. The third-order valence-corrected chi connectivity index (χ3v) is 4.69. The second kappa shape index (κ2) is 11.9. The van der Waals surface area contributed by atoms with Crippen LogP contribution in [0.1, 0.15) is 44.2 Å². The molecule has 2 N–H and O–H groups in total. The summed E-state index contributed by atoms with van der Waals surface area (Å²) in [5.74, 6) is 1.67. The molecule has 5 heteroatoms. The number of nitrogens with one attached hydrogen (secondary N) is 2. The quantitative estimate of drug-likeness (QED) is 0.404. The van der Waals surface area contributed by atoms with Crippen LogP contribution in [0.25, 0.3) is 0 Å². The van der Waals surface area contributed by atoms with Gasteiger partial charge in [0, 0.05) is 39.8 Å². The number of hydrogen-bond donors (Lipinski definition) is 2. The number of ether oxygens (including phenoxy) is 1. The van der Waals surface area contributed by atoms with Gasteiger partial charge in [-0.1, -0.05) is 51.0 Å². The molecule has 0 aliphatic carbocycles. The molecule has 0 bridgehead atoms. The Morgan fingerprint density at radius 2 is 1.92 bits per heavy atom. The summed E-state index contributed by atoms with van der Waals surface area (Å²) in [4.78, 5) is 6.78. The second-order valence-electron chi connectivity index (χ2n) is 7.45. The van der Waals surface area contributed by atoms with Gasteiger partial charge in [0.15, 0.2) is 5.96 Å². The molecule has 0 unspecified atom stereocenters. The summed E-state index contributed by atoms with van der Waals surface area (Å²) in [6.07, 6.45) is 3.75. The Hall–Kier alpha value is -1.59. The number of benzene rings is 1. The van der Waals surface area contributed by atoms with E-state index in [4.69, 9.17) is 4.74 Å². The summed E-state index contributed by atoms with van der Waals surface area (Å²) in [5, 5.41) is 6.83. The Balaban J connectivity index is 1.72. The first-order valence-electron chi connectivity index (χ1n) is 10.00. The van der Waals surface area contributed by atoms with Crippen molar-refractivity contribution in [2.24, 2.45) is 10.9 Å². The zero-order valence-corrected chi connectivity index (χ0v) is 16.8. The minimum atomic E-state index is 0.789. The largest absolute Gasteiger partial charge is 0.379 e. The molecule has 0 spiro atoms. The van der Waals surface area contributed by atoms with E-state index in [1.54, 1.807) is 0 Å². The fraction of sp³-hybridized carbons (Fsp3) is 0.667. The highest BCUT2D eigenvalue weighted by molar-refractivity contribution is 5.79. The predicted octanol–water partition coefficient (Wildman–Crippen LogP) is 3.01. The number of morpholine rings is 1. The molecule has 1 saturated heterocycles. The molecule has 146 valence electrons. The molecule has 0 saturated carbocycles. The monoisotopic (exact) mass is 360 g/mol. The first kappa shape index (κ1) is 20.7. The zero-order valence-electron chi connectivity index (χ0n) is 16.8. The van der Waals surface area contributed by atoms with Crippen molar-refractivity contribution in [1.29, 1.82) is 0 Å². The van der Waals surface area contributed by atoms with Crippen LogP contribution in [-0.4, -0.2) is 50.8 Å². The smallest absolute Gasteiger partial charge is 0.191 e. The van der Waals surface area contributed by atoms with Crippen molar-refractivity contribution < 1.29 is 4.74 Å². The lowest BCUT2D eigenvalue weighted by molar-refractivity contribution is 0.0342. The maximum atomic E-state index is 5.43. The molecule has 1 aliphatic heterocycles. The van der Waals surface area contributed by atoms with Crippen LogP contribution >= 0.6 is 0 Å². The summed E-state index contributed by atoms with van der Waals surface area (Å²) in [6, 6.07) is 8.82. The summed E-state index contributed by atoms with van der Waals surface area (Å²) in [5.41, 5.74) is 2.65. The van der Waals surface area contributed by atoms with Crippen molar-refractivity contribution in [2.75, 3.05) is 39.9 Å². The average molecular weight is 361 g/mol. The standard InChI is InChI=1S/C21H36N4O/c1-18(2)7-4-5-10-23-21(22-3)24-16-19-8-6-9-20(15-19)17-25-11-13-26-14-12-25/h6,8-9,15,18H,4-5,7,10-14,16-17H2,1-3H3,(H2,22,23,24). The van der Waals surface area contributed by atoms with E-state index in [-0.39, 0.29) is 0 Å². The lowest BCUT2D eigenvalue weighted by Gasteiger charge is -2.26. The van der Waals surface area contributed by atoms with Gasteiger partial charge in [-0.25, -0.2) is 0 Å². The number of unbranched alkanes of at least 4 members (excludes halogenated alkanes) is 1. The van der Waals surface area contributed by atoms with Gasteiger partial charge in [0.25, 0.3) is 0 Å². The van der Waals surface area contributed by atoms with Crippen molar-refractivity contribution in [2.45, 2.75) is 46.2 Å². The third kappa shape index (κ3) is 8.19. The molecule has 0 radical (unpaired) electrons. The van der Waals surface area contributed by atoms with E-state index in [9.17, 15) is 0 Å². The van der Waals surface area contributed by atoms with Gasteiger partial charge in [-0.2, -0.15) is 0 Å². The fourth-order valence-electron chi connectivity index (χ4n) is 3.15. The van der Waals surface area contributed by atoms with Gasteiger partial charge < -0.3 is 15.4 Å². The maximum absolute atomic E-state index is 5.43. The first-order valence-corrected chi connectivity index (χ1v) is 10.00. The number of hydrogen-bond acceptors (Lipinski definition) is 3. The Labute approximate surface area is 159 Å². The molecule has 0 aromatic heterocycles. The molecule has 5 nitrogen and oxygen atoms in total. The Bertz CT molecular complexity index is 539. The minimum absolute atomic E-state index is 0.789. The molecule has 1 aliphatic rings. The van der Waals surface area contributed by atoms with Crippen LogP contribution in [0.5, 0.6) is 0 Å². The predicted molar refractivity (Wildman–Crippen MR) is 109 cm³/mol. The number of rotatable bonds is 9.